The molecule has 0 bridgehead atoms. The van der Waals surface area contributed by atoms with Crippen molar-refractivity contribution in [2.75, 3.05) is 32.8 Å². The summed E-state index contributed by atoms with van der Waals surface area (Å²) in [6.07, 6.45) is 3.94. The molecule has 1 saturated carbocycles. The van der Waals surface area contributed by atoms with Crippen molar-refractivity contribution < 1.29 is 9.53 Å². The van der Waals surface area contributed by atoms with Crippen LogP contribution in [0.2, 0.25) is 0 Å². The van der Waals surface area contributed by atoms with Crippen molar-refractivity contribution in [3.63, 3.8) is 0 Å². The van der Waals surface area contributed by atoms with E-state index in [0.29, 0.717) is 12.5 Å². The van der Waals surface area contributed by atoms with Crippen molar-refractivity contribution >= 4 is 5.91 Å². The SMILES string of the molecule is CCn1nc(CN2CCCN(C(=O)C3(c4ccccc4)CC3)CC2)c2c1CCOC2. The van der Waals surface area contributed by atoms with Gasteiger partial charge in [-0.3, -0.25) is 14.4 Å². The van der Waals surface area contributed by atoms with Gasteiger partial charge in [-0.15, -0.1) is 0 Å². The summed E-state index contributed by atoms with van der Waals surface area (Å²) in [7, 11) is 0. The fraction of sp³-hybridized carbons (Fsp3) is 0.583. The maximum absolute atomic E-state index is 13.4. The van der Waals surface area contributed by atoms with Crippen LogP contribution in [0.15, 0.2) is 30.3 Å². The van der Waals surface area contributed by atoms with E-state index < -0.39 is 0 Å². The van der Waals surface area contributed by atoms with Crippen molar-refractivity contribution in [3.05, 3.63) is 52.8 Å². The molecule has 1 amide bonds. The standard InChI is InChI=1S/C24H32N4O2/c1-2-28-22-9-16-30-18-20(22)21(25-28)17-26-12-6-13-27(15-14-26)23(29)24(10-11-24)19-7-4-3-5-8-19/h3-5,7-8H,2,6,9-18H2,1H3. The Hall–Kier alpha value is -2.18. The van der Waals surface area contributed by atoms with Crippen molar-refractivity contribution in [1.29, 1.82) is 0 Å². The van der Waals surface area contributed by atoms with Gasteiger partial charge in [0, 0.05) is 56.9 Å². The van der Waals surface area contributed by atoms with Gasteiger partial charge in [0.25, 0.3) is 0 Å². The van der Waals surface area contributed by atoms with Gasteiger partial charge in [-0.1, -0.05) is 30.3 Å². The van der Waals surface area contributed by atoms with Crippen LogP contribution in [-0.4, -0.2) is 58.3 Å². The number of amides is 1. The first-order chi connectivity index (χ1) is 14.7. The number of ether oxygens (including phenoxy) is 1. The highest BCUT2D eigenvalue weighted by atomic mass is 16.5. The van der Waals surface area contributed by atoms with Crippen LogP contribution in [0.25, 0.3) is 0 Å². The molecule has 30 heavy (non-hydrogen) atoms. The van der Waals surface area contributed by atoms with Gasteiger partial charge in [0.15, 0.2) is 0 Å². The maximum atomic E-state index is 13.4. The molecule has 160 valence electrons. The average molecular weight is 409 g/mol. The van der Waals surface area contributed by atoms with Gasteiger partial charge in [0.1, 0.15) is 0 Å². The van der Waals surface area contributed by atoms with E-state index in [9.17, 15) is 4.79 Å². The highest BCUT2D eigenvalue weighted by Gasteiger charge is 2.52. The quantitative estimate of drug-likeness (QED) is 0.763. The fourth-order valence-electron chi connectivity index (χ4n) is 5.12. The number of carbonyl (C=O) groups excluding carboxylic acids is 1. The minimum atomic E-state index is -0.257. The molecule has 0 N–H and O–H groups in total. The van der Waals surface area contributed by atoms with Crippen LogP contribution in [0.3, 0.4) is 0 Å². The third-order valence-corrected chi connectivity index (χ3v) is 7.01. The smallest absolute Gasteiger partial charge is 0.233 e. The van der Waals surface area contributed by atoms with Crippen LogP contribution in [-0.2, 0) is 41.1 Å². The van der Waals surface area contributed by atoms with Gasteiger partial charge >= 0.3 is 0 Å². The molecule has 5 rings (SSSR count). The van der Waals surface area contributed by atoms with Crippen LogP contribution in [0, 0.1) is 0 Å². The van der Waals surface area contributed by atoms with E-state index in [-0.39, 0.29) is 5.41 Å². The summed E-state index contributed by atoms with van der Waals surface area (Å²) in [5, 5.41) is 4.89. The van der Waals surface area contributed by atoms with Gasteiger partial charge in [0.2, 0.25) is 5.91 Å². The Labute approximate surface area is 178 Å². The first-order valence-corrected chi connectivity index (χ1v) is 11.4. The molecule has 3 aliphatic rings. The maximum Gasteiger partial charge on any atom is 0.233 e. The molecule has 2 fully saturated rings. The number of benzene rings is 1. The number of aromatic nitrogens is 2. The van der Waals surface area contributed by atoms with Gasteiger partial charge in [-0.2, -0.15) is 5.10 Å². The summed E-state index contributed by atoms with van der Waals surface area (Å²) in [6.45, 7) is 8.97. The molecular weight excluding hydrogens is 376 g/mol. The molecule has 1 aromatic carbocycles. The zero-order chi connectivity index (χ0) is 20.6. The van der Waals surface area contributed by atoms with E-state index in [0.717, 1.165) is 77.3 Å². The van der Waals surface area contributed by atoms with Crippen molar-refractivity contribution in [3.8, 4) is 0 Å². The highest BCUT2D eigenvalue weighted by Crippen LogP contribution is 2.49. The summed E-state index contributed by atoms with van der Waals surface area (Å²) in [4.78, 5) is 18.0. The van der Waals surface area contributed by atoms with Crippen LogP contribution >= 0.6 is 0 Å². The van der Waals surface area contributed by atoms with Crippen LogP contribution in [0.1, 0.15) is 48.7 Å². The second-order valence-electron chi connectivity index (χ2n) is 8.86. The molecule has 1 aliphatic carbocycles. The summed E-state index contributed by atoms with van der Waals surface area (Å²) in [6, 6.07) is 10.4. The molecule has 0 atom stereocenters. The Kier molecular flexibility index (Phi) is 5.37. The Bertz CT molecular complexity index is 903. The van der Waals surface area contributed by atoms with E-state index in [1.54, 1.807) is 0 Å². The minimum absolute atomic E-state index is 0.257. The number of aryl methyl sites for hydroxylation is 1. The van der Waals surface area contributed by atoms with Crippen molar-refractivity contribution in [2.24, 2.45) is 0 Å². The lowest BCUT2D eigenvalue weighted by Gasteiger charge is -2.26. The second kappa shape index (κ2) is 8.16. The summed E-state index contributed by atoms with van der Waals surface area (Å²) in [5.74, 6) is 0.330. The number of rotatable bonds is 5. The molecule has 0 spiro atoms. The summed E-state index contributed by atoms with van der Waals surface area (Å²) in [5.41, 5.74) is 4.74. The molecule has 2 aromatic rings. The van der Waals surface area contributed by atoms with Crippen molar-refractivity contribution in [1.82, 2.24) is 19.6 Å². The summed E-state index contributed by atoms with van der Waals surface area (Å²) < 4.78 is 7.87. The topological polar surface area (TPSA) is 50.6 Å². The van der Waals surface area contributed by atoms with Gasteiger partial charge in [0.05, 0.1) is 24.3 Å². The molecule has 6 heteroatoms. The van der Waals surface area contributed by atoms with Gasteiger partial charge in [-0.05, 0) is 31.7 Å². The van der Waals surface area contributed by atoms with Crippen LogP contribution in [0.4, 0.5) is 0 Å². The Balaban J connectivity index is 1.26. The first-order valence-electron chi connectivity index (χ1n) is 11.4. The number of hydrogen-bond donors (Lipinski definition) is 0. The van der Waals surface area contributed by atoms with Gasteiger partial charge in [-0.25, -0.2) is 0 Å². The molecule has 0 unspecified atom stereocenters. The minimum Gasteiger partial charge on any atom is -0.376 e. The number of nitrogens with zero attached hydrogens (tertiary/aromatic N) is 4. The van der Waals surface area contributed by atoms with E-state index >= 15 is 0 Å². The normalized spacial score (nSPS) is 21.2. The lowest BCUT2D eigenvalue weighted by molar-refractivity contribution is -0.133. The van der Waals surface area contributed by atoms with E-state index in [1.165, 1.54) is 16.8 Å². The lowest BCUT2D eigenvalue weighted by atomic mass is 9.94. The number of hydrogen-bond acceptors (Lipinski definition) is 4. The third kappa shape index (κ3) is 3.56. The molecule has 1 aromatic heterocycles. The second-order valence-corrected chi connectivity index (χ2v) is 8.86. The zero-order valence-corrected chi connectivity index (χ0v) is 18.0. The molecule has 1 saturated heterocycles. The van der Waals surface area contributed by atoms with Crippen molar-refractivity contribution in [2.45, 2.75) is 57.7 Å². The molecule has 0 radical (unpaired) electrons. The molecule has 6 nitrogen and oxygen atoms in total. The van der Waals surface area contributed by atoms with Gasteiger partial charge < -0.3 is 9.64 Å². The largest absolute Gasteiger partial charge is 0.376 e. The Morgan fingerprint density at radius 2 is 1.97 bits per heavy atom. The van der Waals surface area contributed by atoms with E-state index in [4.69, 9.17) is 9.84 Å². The van der Waals surface area contributed by atoms with Crippen LogP contribution < -0.4 is 0 Å². The van der Waals surface area contributed by atoms with E-state index in [2.05, 4.69) is 33.5 Å². The number of fused-ring (bicyclic) bond motifs is 1. The highest BCUT2D eigenvalue weighted by molar-refractivity contribution is 5.91. The molecule has 2 aliphatic heterocycles. The predicted molar refractivity (Wildman–Crippen MR) is 115 cm³/mol. The lowest BCUT2D eigenvalue weighted by Crippen LogP contribution is -2.41. The third-order valence-electron chi connectivity index (χ3n) is 7.01. The molecular formula is C24H32N4O2. The predicted octanol–water partition coefficient (Wildman–Crippen LogP) is 2.74. The molecule has 3 heterocycles. The zero-order valence-electron chi connectivity index (χ0n) is 18.0. The fourth-order valence-corrected chi connectivity index (χ4v) is 5.12. The monoisotopic (exact) mass is 408 g/mol. The first kappa shape index (κ1) is 19.8. The number of carbonyl (C=O) groups is 1. The summed E-state index contributed by atoms with van der Waals surface area (Å²) >= 11 is 0. The van der Waals surface area contributed by atoms with Crippen LogP contribution in [0.5, 0.6) is 0 Å². The van der Waals surface area contributed by atoms with E-state index in [1.807, 2.05) is 18.2 Å². The Morgan fingerprint density at radius 1 is 1.13 bits per heavy atom. The average Bonchev–Trinajstić information content (AvgIpc) is 3.57. The Morgan fingerprint density at radius 3 is 2.73 bits per heavy atom.